The zero-order valence-electron chi connectivity index (χ0n) is 16.7. The molecule has 0 aliphatic heterocycles. The Balaban J connectivity index is 0.00000218. The number of halogens is 1. The minimum Gasteiger partial charge on any atom is -0.351 e. The van der Waals surface area contributed by atoms with Gasteiger partial charge >= 0.3 is 0 Å². The molecule has 0 radical (unpaired) electrons. The molecule has 0 aromatic carbocycles. The summed E-state index contributed by atoms with van der Waals surface area (Å²) in [4.78, 5) is 13.3. The molecule has 8 nitrogen and oxygen atoms in total. The summed E-state index contributed by atoms with van der Waals surface area (Å²) in [6, 6.07) is 1.59. The molecule has 1 aliphatic carbocycles. The molecule has 2 N–H and O–H groups in total. The highest BCUT2D eigenvalue weighted by Gasteiger charge is 2.23. The minimum atomic E-state index is -0.419. The van der Waals surface area contributed by atoms with E-state index < -0.39 is 5.82 Å². The van der Waals surface area contributed by atoms with Crippen LogP contribution in [-0.4, -0.2) is 40.8 Å². The third-order valence-electron chi connectivity index (χ3n) is 5.33. The number of aromatic nitrogens is 7. The average molecular weight is 427 g/mol. The Labute approximate surface area is 179 Å². The van der Waals surface area contributed by atoms with Crippen molar-refractivity contribution in [2.75, 3.05) is 5.32 Å². The smallest absolute Gasteiger partial charge is 0.228 e. The predicted molar refractivity (Wildman–Crippen MR) is 116 cm³/mol. The lowest BCUT2D eigenvalue weighted by molar-refractivity contribution is 0.596. The third kappa shape index (κ3) is 3.62. The molecule has 156 valence electrons. The van der Waals surface area contributed by atoms with Gasteiger partial charge in [0.05, 0.1) is 18.6 Å². The molecule has 0 spiro atoms. The SMILES string of the molecule is CC(C)c1cnn2c(N[C@H]3CCc4[nH]ncc4C3)nc(-c3cncc(F)c3)nc12.S. The lowest BCUT2D eigenvalue weighted by atomic mass is 9.94. The third-order valence-corrected chi connectivity index (χ3v) is 5.33. The lowest BCUT2D eigenvalue weighted by Crippen LogP contribution is -2.28. The summed E-state index contributed by atoms with van der Waals surface area (Å²) in [5, 5.41) is 15.2. The maximum Gasteiger partial charge on any atom is 0.228 e. The van der Waals surface area contributed by atoms with Crippen LogP contribution in [0.1, 0.15) is 43.0 Å². The van der Waals surface area contributed by atoms with Crippen molar-refractivity contribution in [3.8, 4) is 11.4 Å². The first kappa shape index (κ1) is 20.3. The van der Waals surface area contributed by atoms with Crippen LogP contribution in [-0.2, 0) is 12.8 Å². The molecular formula is C20H23FN8S. The Morgan fingerprint density at radius 2 is 2.07 bits per heavy atom. The van der Waals surface area contributed by atoms with Gasteiger partial charge in [-0.3, -0.25) is 10.1 Å². The van der Waals surface area contributed by atoms with Crippen LogP contribution in [0.25, 0.3) is 17.0 Å². The first-order valence-corrected chi connectivity index (χ1v) is 9.72. The van der Waals surface area contributed by atoms with Gasteiger partial charge in [0, 0.05) is 29.1 Å². The topological polar surface area (TPSA) is 96.7 Å². The minimum absolute atomic E-state index is 0. The number of rotatable bonds is 4. The zero-order chi connectivity index (χ0) is 20.0. The predicted octanol–water partition coefficient (Wildman–Crippen LogP) is 3.25. The molecule has 0 saturated heterocycles. The van der Waals surface area contributed by atoms with Crippen LogP contribution in [0.4, 0.5) is 10.3 Å². The summed E-state index contributed by atoms with van der Waals surface area (Å²) < 4.78 is 15.5. The summed E-state index contributed by atoms with van der Waals surface area (Å²) in [6.07, 6.45) is 9.18. The van der Waals surface area contributed by atoms with E-state index >= 15 is 0 Å². The highest BCUT2D eigenvalue weighted by atomic mass is 32.1. The van der Waals surface area contributed by atoms with Gasteiger partial charge < -0.3 is 5.32 Å². The maximum atomic E-state index is 13.7. The highest BCUT2D eigenvalue weighted by Crippen LogP contribution is 2.26. The van der Waals surface area contributed by atoms with Gasteiger partial charge in [-0.25, -0.2) is 9.37 Å². The fraction of sp³-hybridized carbons (Fsp3) is 0.350. The quantitative estimate of drug-likeness (QED) is 0.520. The van der Waals surface area contributed by atoms with Crippen LogP contribution in [0.3, 0.4) is 0 Å². The van der Waals surface area contributed by atoms with Gasteiger partial charge in [0.2, 0.25) is 5.95 Å². The fourth-order valence-electron chi connectivity index (χ4n) is 3.78. The van der Waals surface area contributed by atoms with Gasteiger partial charge in [0.1, 0.15) is 5.82 Å². The van der Waals surface area contributed by atoms with Crippen LogP contribution in [0.15, 0.2) is 30.9 Å². The largest absolute Gasteiger partial charge is 0.351 e. The summed E-state index contributed by atoms with van der Waals surface area (Å²) >= 11 is 0. The molecule has 0 bridgehead atoms. The molecular weight excluding hydrogens is 403 g/mol. The first-order chi connectivity index (χ1) is 14.1. The van der Waals surface area contributed by atoms with Crippen molar-refractivity contribution < 1.29 is 4.39 Å². The highest BCUT2D eigenvalue weighted by molar-refractivity contribution is 7.59. The number of H-pyrrole nitrogens is 1. The van der Waals surface area contributed by atoms with Crippen LogP contribution in [0.5, 0.6) is 0 Å². The van der Waals surface area contributed by atoms with Crippen LogP contribution < -0.4 is 5.32 Å². The molecule has 4 aromatic heterocycles. The number of hydrogen-bond acceptors (Lipinski definition) is 6. The molecule has 1 aliphatic rings. The molecule has 0 amide bonds. The molecule has 0 saturated carbocycles. The first-order valence-electron chi connectivity index (χ1n) is 9.72. The second-order valence-electron chi connectivity index (χ2n) is 7.71. The molecule has 4 aromatic rings. The van der Waals surface area contributed by atoms with Crippen molar-refractivity contribution in [3.05, 3.63) is 53.5 Å². The van der Waals surface area contributed by atoms with E-state index in [9.17, 15) is 4.39 Å². The van der Waals surface area contributed by atoms with Crippen LogP contribution in [0, 0.1) is 5.82 Å². The number of fused-ring (bicyclic) bond motifs is 2. The molecule has 0 unspecified atom stereocenters. The number of nitrogens with zero attached hydrogens (tertiary/aromatic N) is 6. The van der Waals surface area contributed by atoms with E-state index in [1.165, 1.54) is 23.5 Å². The number of aromatic amines is 1. The van der Waals surface area contributed by atoms with Crippen molar-refractivity contribution in [1.82, 2.24) is 34.8 Å². The molecule has 1 atom stereocenters. The zero-order valence-corrected chi connectivity index (χ0v) is 17.7. The van der Waals surface area contributed by atoms with E-state index in [2.05, 4.69) is 49.4 Å². The van der Waals surface area contributed by atoms with Gasteiger partial charge in [0.15, 0.2) is 11.5 Å². The summed E-state index contributed by atoms with van der Waals surface area (Å²) in [7, 11) is 0. The normalized spacial score (nSPS) is 15.8. The Bertz CT molecular complexity index is 1180. The monoisotopic (exact) mass is 426 g/mol. The molecule has 5 rings (SSSR count). The number of aryl methyl sites for hydroxylation is 1. The summed E-state index contributed by atoms with van der Waals surface area (Å²) in [5.74, 6) is 0.849. The standard InChI is InChI=1S/C20H21FN8.H2S/c1-11(2)16-10-24-29-19(16)26-18(13-5-14(21)9-22-7-13)27-20(29)25-15-3-4-17-12(6-15)8-23-28-17;/h5,7-11,15H,3-4,6H2,1-2H3,(H,23,28)(H,25,26,27);1H2/t15-;/m0./s1. The summed E-state index contributed by atoms with van der Waals surface area (Å²) in [6.45, 7) is 4.19. The number of anilines is 1. The Morgan fingerprint density at radius 3 is 2.87 bits per heavy atom. The van der Waals surface area contributed by atoms with Crippen LogP contribution in [0.2, 0.25) is 0 Å². The van der Waals surface area contributed by atoms with E-state index in [1.807, 2.05) is 12.4 Å². The van der Waals surface area contributed by atoms with E-state index in [0.29, 0.717) is 17.3 Å². The van der Waals surface area contributed by atoms with Crippen molar-refractivity contribution in [2.24, 2.45) is 0 Å². The van der Waals surface area contributed by atoms with Crippen molar-refractivity contribution in [3.63, 3.8) is 0 Å². The van der Waals surface area contributed by atoms with Crippen molar-refractivity contribution >= 4 is 25.1 Å². The number of pyridine rings is 1. The molecule has 30 heavy (non-hydrogen) atoms. The Hall–Kier alpha value is -3.01. The van der Waals surface area contributed by atoms with E-state index in [-0.39, 0.29) is 25.5 Å². The lowest BCUT2D eigenvalue weighted by Gasteiger charge is -2.23. The van der Waals surface area contributed by atoms with Gasteiger partial charge in [-0.15, -0.1) is 0 Å². The number of hydrogen-bond donors (Lipinski definition) is 2. The number of nitrogens with one attached hydrogen (secondary N) is 2. The van der Waals surface area contributed by atoms with Gasteiger partial charge in [-0.05, 0) is 36.8 Å². The van der Waals surface area contributed by atoms with Gasteiger partial charge in [-0.1, -0.05) is 13.8 Å². The summed E-state index contributed by atoms with van der Waals surface area (Å²) in [5.41, 5.74) is 4.69. The second kappa shape index (κ2) is 8.02. The van der Waals surface area contributed by atoms with E-state index in [0.717, 1.165) is 30.5 Å². The molecule has 10 heteroatoms. The van der Waals surface area contributed by atoms with Gasteiger partial charge in [-0.2, -0.15) is 33.2 Å². The fourth-order valence-corrected chi connectivity index (χ4v) is 3.78. The van der Waals surface area contributed by atoms with Crippen LogP contribution >= 0.6 is 13.5 Å². The van der Waals surface area contributed by atoms with Crippen molar-refractivity contribution in [2.45, 2.75) is 45.1 Å². The van der Waals surface area contributed by atoms with E-state index in [4.69, 9.17) is 0 Å². The van der Waals surface area contributed by atoms with Crippen molar-refractivity contribution in [1.29, 1.82) is 0 Å². The van der Waals surface area contributed by atoms with Gasteiger partial charge in [0.25, 0.3) is 0 Å². The Kier molecular flexibility index (Phi) is 5.42. The molecule has 0 fully saturated rings. The molecule has 4 heterocycles. The second-order valence-corrected chi connectivity index (χ2v) is 7.71. The maximum absolute atomic E-state index is 13.7. The Morgan fingerprint density at radius 1 is 1.20 bits per heavy atom. The average Bonchev–Trinajstić information content (AvgIpc) is 3.34. The van der Waals surface area contributed by atoms with E-state index in [1.54, 1.807) is 10.7 Å².